The van der Waals surface area contributed by atoms with Crippen LogP contribution in [0.15, 0.2) is 53.3 Å². The van der Waals surface area contributed by atoms with Crippen molar-refractivity contribution in [1.29, 1.82) is 0 Å². The van der Waals surface area contributed by atoms with Gasteiger partial charge in [-0.15, -0.1) is 5.10 Å². The van der Waals surface area contributed by atoms with Crippen molar-refractivity contribution >= 4 is 38.6 Å². The highest BCUT2D eigenvalue weighted by atomic mass is 79.9. The Morgan fingerprint density at radius 2 is 1.91 bits per heavy atom. The normalized spacial score (nSPS) is 17.2. The molecule has 9 heteroatoms. The van der Waals surface area contributed by atoms with Gasteiger partial charge in [-0.05, 0) is 91.0 Å². The van der Waals surface area contributed by atoms with Crippen molar-refractivity contribution in [3.05, 3.63) is 69.5 Å². The Hall–Kier alpha value is -2.55. The number of fused-ring (bicyclic) bond motifs is 1. The summed E-state index contributed by atoms with van der Waals surface area (Å²) >= 11 is 10.0. The number of ether oxygens (including phenoxy) is 1. The summed E-state index contributed by atoms with van der Waals surface area (Å²) in [4.78, 5) is 11.5. The Bertz CT molecular complexity index is 1330. The molecule has 7 nitrogen and oxygen atoms in total. The van der Waals surface area contributed by atoms with Gasteiger partial charge in [-0.1, -0.05) is 22.9 Å². The number of piperidine rings is 1. The highest BCUT2D eigenvalue weighted by Gasteiger charge is 2.25. The van der Waals surface area contributed by atoms with Gasteiger partial charge in [-0.2, -0.15) is 0 Å². The molecule has 1 saturated carbocycles. The number of likely N-dealkylation sites (tertiary alicyclic amines) is 1. The van der Waals surface area contributed by atoms with Gasteiger partial charge in [0.05, 0.1) is 15.0 Å². The molecule has 0 atom stereocenters. The smallest absolute Gasteiger partial charge is 0.223 e. The minimum Gasteiger partial charge on any atom is -0.437 e. The molecule has 180 valence electrons. The number of nitrogens with zero attached hydrogens (tertiary/aromatic N) is 6. The highest BCUT2D eigenvalue weighted by Crippen LogP contribution is 2.38. The Morgan fingerprint density at radius 3 is 2.69 bits per heavy atom. The van der Waals surface area contributed by atoms with E-state index < -0.39 is 0 Å². The van der Waals surface area contributed by atoms with Gasteiger partial charge in [0.25, 0.3) is 0 Å². The van der Waals surface area contributed by atoms with Crippen molar-refractivity contribution in [2.24, 2.45) is 5.92 Å². The number of pyridine rings is 2. The molecule has 4 heterocycles. The van der Waals surface area contributed by atoms with Gasteiger partial charge in [0.1, 0.15) is 11.3 Å². The van der Waals surface area contributed by atoms with Crippen LogP contribution in [0.4, 0.5) is 0 Å². The second-order valence-electron chi connectivity index (χ2n) is 9.49. The molecule has 4 aromatic rings. The average Bonchev–Trinajstić information content (AvgIpc) is 3.61. The van der Waals surface area contributed by atoms with Gasteiger partial charge >= 0.3 is 0 Å². The van der Waals surface area contributed by atoms with E-state index in [9.17, 15) is 0 Å². The lowest BCUT2D eigenvalue weighted by Crippen LogP contribution is -2.32. The van der Waals surface area contributed by atoms with E-state index in [1.165, 1.54) is 18.5 Å². The third kappa shape index (κ3) is 5.06. The van der Waals surface area contributed by atoms with E-state index in [2.05, 4.69) is 53.2 Å². The Morgan fingerprint density at radius 1 is 1.06 bits per heavy atom. The van der Waals surface area contributed by atoms with Gasteiger partial charge in [-0.3, -0.25) is 9.88 Å². The van der Waals surface area contributed by atoms with Gasteiger partial charge in [0.15, 0.2) is 0 Å². The summed E-state index contributed by atoms with van der Waals surface area (Å²) < 4.78 is 9.08. The van der Waals surface area contributed by atoms with Crippen molar-refractivity contribution < 1.29 is 4.74 Å². The van der Waals surface area contributed by atoms with E-state index in [-0.39, 0.29) is 0 Å². The maximum absolute atomic E-state index is 6.32. The van der Waals surface area contributed by atoms with Crippen molar-refractivity contribution in [2.45, 2.75) is 44.7 Å². The molecular weight excluding hydrogens is 528 g/mol. The van der Waals surface area contributed by atoms with Crippen LogP contribution in [0, 0.1) is 5.92 Å². The van der Waals surface area contributed by atoms with Crippen LogP contribution >= 0.6 is 27.5 Å². The summed E-state index contributed by atoms with van der Waals surface area (Å²) in [6.07, 6.45) is 8.23. The van der Waals surface area contributed by atoms with E-state index >= 15 is 0 Å². The zero-order valence-corrected chi connectivity index (χ0v) is 21.6. The lowest BCUT2D eigenvalue weighted by atomic mass is 9.93. The molecule has 3 aromatic heterocycles. The van der Waals surface area contributed by atoms with E-state index in [1.54, 1.807) is 6.20 Å². The highest BCUT2D eigenvalue weighted by molar-refractivity contribution is 9.10. The molecule has 1 saturated heterocycles. The summed E-state index contributed by atoms with van der Waals surface area (Å²) in [5.74, 6) is 2.47. The van der Waals surface area contributed by atoms with Gasteiger partial charge in [-0.25, -0.2) is 9.67 Å². The summed E-state index contributed by atoms with van der Waals surface area (Å²) in [6, 6.07) is 12.1. The molecule has 0 bridgehead atoms. The number of hydrogen-bond donors (Lipinski definition) is 0. The summed E-state index contributed by atoms with van der Waals surface area (Å²) in [7, 11) is 0. The van der Waals surface area contributed by atoms with Crippen LogP contribution in [0.5, 0.6) is 11.6 Å². The lowest BCUT2D eigenvalue weighted by molar-refractivity contribution is 0.201. The molecule has 0 spiro atoms. The predicted molar refractivity (Wildman–Crippen MR) is 139 cm³/mol. The van der Waals surface area contributed by atoms with Crippen LogP contribution in [0.25, 0.3) is 11.0 Å². The largest absolute Gasteiger partial charge is 0.437 e. The van der Waals surface area contributed by atoms with Crippen LogP contribution in [0.2, 0.25) is 5.02 Å². The fourth-order valence-electron chi connectivity index (χ4n) is 4.77. The minimum atomic E-state index is 0.511. The predicted octanol–water partition coefficient (Wildman–Crippen LogP) is 6.22. The van der Waals surface area contributed by atoms with Crippen LogP contribution in [-0.4, -0.2) is 43.0 Å². The van der Waals surface area contributed by atoms with E-state index in [4.69, 9.17) is 16.3 Å². The zero-order chi connectivity index (χ0) is 23.8. The summed E-state index contributed by atoms with van der Waals surface area (Å²) in [5, 5.41) is 9.36. The SMILES string of the molecule is Clc1cnc(Oc2ccc3c(nnn3CC3CC3)c2Br)c(CN2CCC(c3ccccn3)CC2)c1. The van der Waals surface area contributed by atoms with Gasteiger partial charge < -0.3 is 4.74 Å². The van der Waals surface area contributed by atoms with Crippen LogP contribution in [-0.2, 0) is 13.1 Å². The first-order valence-electron chi connectivity index (χ1n) is 12.1. The fourth-order valence-corrected chi connectivity index (χ4v) is 5.44. The summed E-state index contributed by atoms with van der Waals surface area (Å²) in [6.45, 7) is 3.64. The number of benzene rings is 1. The van der Waals surface area contributed by atoms with Crippen molar-refractivity contribution in [2.75, 3.05) is 13.1 Å². The molecule has 0 N–H and O–H groups in total. The number of halogens is 2. The lowest BCUT2D eigenvalue weighted by Gasteiger charge is -2.31. The minimum absolute atomic E-state index is 0.511. The number of hydrogen-bond acceptors (Lipinski definition) is 6. The standard InChI is InChI=1S/C26H26BrClN6O/c27-24-23(7-6-22-25(24)31-32-34(22)15-17-4-5-17)35-26-19(13-20(28)14-30-26)16-33-11-8-18(9-12-33)21-3-1-2-10-29-21/h1-3,6-7,10,13-14,17-18H,4-5,8-9,11-12,15-16H2. The molecule has 2 aliphatic rings. The van der Waals surface area contributed by atoms with E-state index in [1.807, 2.05) is 35.1 Å². The third-order valence-electron chi connectivity index (χ3n) is 6.90. The fraction of sp³-hybridized carbons (Fsp3) is 0.385. The maximum atomic E-state index is 6.32. The Labute approximate surface area is 217 Å². The molecule has 1 aliphatic heterocycles. The monoisotopic (exact) mass is 552 g/mol. The summed E-state index contributed by atoms with van der Waals surface area (Å²) in [5.41, 5.74) is 3.97. The Kier molecular flexibility index (Phi) is 6.43. The maximum Gasteiger partial charge on any atom is 0.223 e. The molecule has 1 aliphatic carbocycles. The molecule has 2 fully saturated rings. The quantitative estimate of drug-likeness (QED) is 0.271. The molecule has 6 rings (SSSR count). The second-order valence-corrected chi connectivity index (χ2v) is 10.7. The Balaban J connectivity index is 1.18. The van der Waals surface area contributed by atoms with Crippen molar-refractivity contribution in [1.82, 2.24) is 29.9 Å². The molecule has 0 radical (unpaired) electrons. The third-order valence-corrected chi connectivity index (χ3v) is 7.88. The van der Waals surface area contributed by atoms with Crippen LogP contribution in [0.3, 0.4) is 0 Å². The molecule has 35 heavy (non-hydrogen) atoms. The molecular formula is C26H26BrClN6O. The average molecular weight is 554 g/mol. The van der Waals surface area contributed by atoms with Crippen LogP contribution in [0.1, 0.15) is 42.9 Å². The zero-order valence-electron chi connectivity index (χ0n) is 19.3. The van der Waals surface area contributed by atoms with E-state index in [0.717, 1.165) is 66.0 Å². The topological polar surface area (TPSA) is 69.0 Å². The first-order valence-corrected chi connectivity index (χ1v) is 13.3. The molecule has 0 unspecified atom stereocenters. The van der Waals surface area contributed by atoms with E-state index in [0.29, 0.717) is 22.6 Å². The van der Waals surface area contributed by atoms with Crippen LogP contribution < -0.4 is 4.74 Å². The second kappa shape index (κ2) is 9.84. The molecule has 0 amide bonds. The van der Waals surface area contributed by atoms with Gasteiger partial charge in [0, 0.05) is 42.7 Å². The van der Waals surface area contributed by atoms with Gasteiger partial charge in [0.2, 0.25) is 5.88 Å². The van der Waals surface area contributed by atoms with Crippen molar-refractivity contribution in [3.63, 3.8) is 0 Å². The first kappa shape index (κ1) is 22.9. The number of rotatable bonds is 7. The first-order chi connectivity index (χ1) is 17.1. The van der Waals surface area contributed by atoms with Crippen molar-refractivity contribution in [3.8, 4) is 11.6 Å². The number of aromatic nitrogens is 5. The molecule has 1 aromatic carbocycles.